The van der Waals surface area contributed by atoms with Gasteiger partial charge in [-0.25, -0.2) is 8.42 Å². The molecule has 1 amide bonds. The van der Waals surface area contributed by atoms with Crippen LogP contribution in [0.25, 0.3) is 0 Å². The summed E-state index contributed by atoms with van der Waals surface area (Å²) in [6.07, 6.45) is 1.50. The predicted molar refractivity (Wildman–Crippen MR) is 103 cm³/mol. The minimum atomic E-state index is -3.93. The Bertz CT molecular complexity index is 973. The van der Waals surface area contributed by atoms with Gasteiger partial charge in [0.15, 0.2) is 6.61 Å². The van der Waals surface area contributed by atoms with Crippen molar-refractivity contribution in [2.45, 2.75) is 11.4 Å². The monoisotopic (exact) mass is 432 g/mol. The number of ether oxygens (including phenoxy) is 1. The summed E-state index contributed by atoms with van der Waals surface area (Å²) in [5.74, 6) is -0.0719. The maximum absolute atomic E-state index is 13.1. The third-order valence-corrected chi connectivity index (χ3v) is 7.07. The SMILES string of the molecule is C=CCN(Cc1ccc(Cl)s1)S(=O)(=O)c1cc2c(cc1Cl)NC(=O)CO2. The quantitative estimate of drug-likeness (QED) is 0.704. The summed E-state index contributed by atoms with van der Waals surface area (Å²) in [5.41, 5.74) is 0.338. The van der Waals surface area contributed by atoms with Gasteiger partial charge >= 0.3 is 0 Å². The molecule has 3 rings (SSSR count). The summed E-state index contributed by atoms with van der Waals surface area (Å²) < 4.78 is 33.4. The molecule has 2 aromatic rings. The number of sulfonamides is 1. The number of hydrogen-bond donors (Lipinski definition) is 1. The summed E-state index contributed by atoms with van der Waals surface area (Å²) >= 11 is 13.4. The van der Waals surface area contributed by atoms with E-state index in [0.29, 0.717) is 10.0 Å². The van der Waals surface area contributed by atoms with Crippen LogP contribution < -0.4 is 10.1 Å². The van der Waals surface area contributed by atoms with E-state index in [2.05, 4.69) is 11.9 Å². The molecule has 1 aliphatic heterocycles. The Labute approximate surface area is 165 Å². The van der Waals surface area contributed by atoms with Crippen molar-refractivity contribution < 1.29 is 17.9 Å². The number of halogens is 2. The topological polar surface area (TPSA) is 75.7 Å². The fraction of sp³-hybridized carbons (Fsp3) is 0.188. The molecule has 1 N–H and O–H groups in total. The second-order valence-corrected chi connectivity index (χ2v) is 9.52. The second-order valence-electron chi connectivity index (χ2n) is 5.41. The van der Waals surface area contributed by atoms with Crippen LogP contribution in [0, 0.1) is 0 Å². The molecule has 0 aliphatic carbocycles. The molecule has 6 nitrogen and oxygen atoms in total. The number of rotatable bonds is 6. The third kappa shape index (κ3) is 3.89. The molecular weight excluding hydrogens is 419 g/mol. The number of anilines is 1. The molecule has 0 atom stereocenters. The molecule has 1 aliphatic rings. The molecule has 0 spiro atoms. The third-order valence-electron chi connectivity index (χ3n) is 3.58. The molecule has 0 radical (unpaired) electrons. The van der Waals surface area contributed by atoms with Gasteiger partial charge < -0.3 is 10.1 Å². The number of hydrogen-bond acceptors (Lipinski definition) is 5. The van der Waals surface area contributed by atoms with Crippen molar-refractivity contribution in [2.24, 2.45) is 0 Å². The highest BCUT2D eigenvalue weighted by atomic mass is 35.5. The molecular formula is C16H14Cl2N2O4S2. The lowest BCUT2D eigenvalue weighted by Gasteiger charge is -2.23. The summed E-state index contributed by atoms with van der Waals surface area (Å²) in [6, 6.07) is 6.17. The van der Waals surface area contributed by atoms with Gasteiger partial charge in [0.25, 0.3) is 5.91 Å². The van der Waals surface area contributed by atoms with Crippen molar-refractivity contribution in [1.29, 1.82) is 0 Å². The number of thiophene rings is 1. The van der Waals surface area contributed by atoms with E-state index in [0.717, 1.165) is 4.88 Å². The maximum Gasteiger partial charge on any atom is 0.262 e. The van der Waals surface area contributed by atoms with Gasteiger partial charge in [0.05, 0.1) is 15.0 Å². The zero-order valence-electron chi connectivity index (χ0n) is 13.4. The van der Waals surface area contributed by atoms with Gasteiger partial charge in [-0.3, -0.25) is 4.79 Å². The molecule has 0 saturated heterocycles. The van der Waals surface area contributed by atoms with E-state index in [1.807, 2.05) is 0 Å². The van der Waals surface area contributed by atoms with Gasteiger partial charge in [-0.05, 0) is 18.2 Å². The van der Waals surface area contributed by atoms with E-state index in [1.165, 1.54) is 33.9 Å². The Hall–Kier alpha value is -1.58. The average molecular weight is 433 g/mol. The molecule has 1 aromatic heterocycles. The van der Waals surface area contributed by atoms with E-state index < -0.39 is 10.0 Å². The van der Waals surface area contributed by atoms with Crippen LogP contribution in [0.2, 0.25) is 9.36 Å². The smallest absolute Gasteiger partial charge is 0.262 e. The van der Waals surface area contributed by atoms with Crippen molar-refractivity contribution in [3.05, 3.63) is 51.2 Å². The number of nitrogens with one attached hydrogen (secondary N) is 1. The predicted octanol–water partition coefficient (Wildman–Crippen LogP) is 3.76. The Morgan fingerprint density at radius 1 is 1.35 bits per heavy atom. The zero-order valence-corrected chi connectivity index (χ0v) is 16.5. The number of amides is 1. The molecule has 138 valence electrons. The Morgan fingerprint density at radius 2 is 2.12 bits per heavy atom. The highest BCUT2D eigenvalue weighted by molar-refractivity contribution is 7.89. The van der Waals surface area contributed by atoms with Gasteiger partial charge in [0.2, 0.25) is 10.0 Å². The molecule has 26 heavy (non-hydrogen) atoms. The normalized spacial score (nSPS) is 13.9. The number of carbonyl (C=O) groups excluding carboxylic acids is 1. The van der Waals surface area contributed by atoms with E-state index >= 15 is 0 Å². The molecule has 0 unspecified atom stereocenters. The maximum atomic E-state index is 13.1. The molecule has 10 heteroatoms. The summed E-state index contributed by atoms with van der Waals surface area (Å²) in [4.78, 5) is 12.1. The van der Waals surface area contributed by atoms with Gasteiger partial charge in [-0.1, -0.05) is 29.3 Å². The van der Waals surface area contributed by atoms with Crippen molar-refractivity contribution in [3.8, 4) is 5.75 Å². The summed E-state index contributed by atoms with van der Waals surface area (Å²) in [6.45, 7) is 3.67. The Morgan fingerprint density at radius 3 is 2.77 bits per heavy atom. The van der Waals surface area contributed by atoms with Crippen molar-refractivity contribution in [2.75, 3.05) is 18.5 Å². The van der Waals surface area contributed by atoms with Crippen LogP contribution in [0.4, 0.5) is 5.69 Å². The number of fused-ring (bicyclic) bond motifs is 1. The zero-order chi connectivity index (χ0) is 18.9. The minimum Gasteiger partial charge on any atom is -0.482 e. The lowest BCUT2D eigenvalue weighted by Crippen LogP contribution is -2.31. The first-order chi connectivity index (χ1) is 12.3. The fourth-order valence-electron chi connectivity index (χ4n) is 2.42. The highest BCUT2D eigenvalue weighted by Crippen LogP contribution is 2.37. The van der Waals surface area contributed by atoms with Gasteiger partial charge in [-0.2, -0.15) is 4.31 Å². The van der Waals surface area contributed by atoms with Crippen molar-refractivity contribution in [1.82, 2.24) is 4.31 Å². The van der Waals surface area contributed by atoms with E-state index in [4.69, 9.17) is 27.9 Å². The fourth-order valence-corrected chi connectivity index (χ4v) is 5.51. The highest BCUT2D eigenvalue weighted by Gasteiger charge is 2.29. The van der Waals surface area contributed by atoms with E-state index in [1.54, 1.807) is 12.1 Å². The van der Waals surface area contributed by atoms with Crippen LogP contribution in [0.3, 0.4) is 0 Å². The van der Waals surface area contributed by atoms with E-state index in [9.17, 15) is 13.2 Å². The van der Waals surface area contributed by atoms with Gasteiger partial charge in [0, 0.05) is 24.0 Å². The van der Waals surface area contributed by atoms with Crippen molar-refractivity contribution in [3.63, 3.8) is 0 Å². The summed E-state index contributed by atoms with van der Waals surface area (Å²) in [5, 5.41) is 2.58. The summed E-state index contributed by atoms with van der Waals surface area (Å²) in [7, 11) is -3.93. The second kappa shape index (κ2) is 7.58. The average Bonchev–Trinajstić information content (AvgIpc) is 2.98. The number of benzene rings is 1. The lowest BCUT2D eigenvalue weighted by atomic mass is 10.2. The van der Waals surface area contributed by atoms with Crippen LogP contribution in [0.5, 0.6) is 5.75 Å². The number of carbonyl (C=O) groups is 1. The van der Waals surface area contributed by atoms with Crippen molar-refractivity contribution >= 4 is 56.2 Å². The Kier molecular flexibility index (Phi) is 5.59. The van der Waals surface area contributed by atoms with Crippen LogP contribution >= 0.6 is 34.5 Å². The van der Waals surface area contributed by atoms with Crippen LogP contribution in [-0.2, 0) is 21.4 Å². The van der Waals surface area contributed by atoms with Gasteiger partial charge in [-0.15, -0.1) is 17.9 Å². The minimum absolute atomic E-state index is 0.00664. The molecule has 2 heterocycles. The Balaban J connectivity index is 1.99. The molecule has 0 saturated carbocycles. The number of nitrogens with zero attached hydrogens (tertiary/aromatic N) is 1. The molecule has 0 fully saturated rings. The van der Waals surface area contributed by atoms with Crippen LogP contribution in [-0.4, -0.2) is 31.8 Å². The largest absolute Gasteiger partial charge is 0.482 e. The first-order valence-corrected chi connectivity index (χ1v) is 10.4. The van der Waals surface area contributed by atoms with Crippen LogP contribution in [0.1, 0.15) is 4.88 Å². The van der Waals surface area contributed by atoms with Crippen LogP contribution in [0.15, 0.2) is 41.8 Å². The molecule has 1 aromatic carbocycles. The lowest BCUT2D eigenvalue weighted by molar-refractivity contribution is -0.118. The first-order valence-electron chi connectivity index (χ1n) is 7.42. The standard InChI is InChI=1S/C16H14Cl2N2O4S2/c1-2-5-20(8-10-3-4-15(18)25-10)26(22,23)14-7-13-12(6-11(14)17)19-16(21)9-24-13/h2-4,6-7H,1,5,8-9H2,(H,19,21). The van der Waals surface area contributed by atoms with Gasteiger partial charge in [0.1, 0.15) is 10.6 Å². The van der Waals surface area contributed by atoms with E-state index in [-0.39, 0.29) is 41.3 Å². The first kappa shape index (κ1) is 19.2. The molecule has 0 bridgehead atoms.